The fraction of sp³-hybridized carbons (Fsp3) is 0.312. The van der Waals surface area contributed by atoms with Crippen LogP contribution in [-0.4, -0.2) is 31.7 Å². The van der Waals surface area contributed by atoms with Gasteiger partial charge in [-0.15, -0.1) is 11.3 Å². The summed E-state index contributed by atoms with van der Waals surface area (Å²) in [6.45, 7) is 1.93. The Morgan fingerprint density at radius 2 is 2.12 bits per heavy atom. The molecule has 1 aromatic heterocycles. The Bertz CT molecular complexity index is 948. The molecule has 2 heterocycles. The fourth-order valence-corrected chi connectivity index (χ4v) is 5.20. The zero-order valence-electron chi connectivity index (χ0n) is 14.0. The van der Waals surface area contributed by atoms with E-state index >= 15 is 0 Å². The first-order valence-electron chi connectivity index (χ1n) is 7.75. The second-order valence-corrected chi connectivity index (χ2v) is 9.50. The summed E-state index contributed by atoms with van der Waals surface area (Å²) in [7, 11) is -2.46. The van der Waals surface area contributed by atoms with Gasteiger partial charge in [0, 0.05) is 22.5 Å². The number of anilines is 1. The monoisotopic (exact) mass is 417 g/mol. The van der Waals surface area contributed by atoms with Crippen molar-refractivity contribution < 1.29 is 17.6 Å². The molecule has 0 radical (unpaired) electrons. The van der Waals surface area contributed by atoms with Crippen molar-refractivity contribution in [2.24, 2.45) is 0 Å². The van der Waals surface area contributed by atoms with Gasteiger partial charge >= 0.3 is 0 Å². The van der Waals surface area contributed by atoms with Gasteiger partial charge in [-0.25, -0.2) is 4.39 Å². The van der Waals surface area contributed by atoms with E-state index in [0.29, 0.717) is 5.69 Å². The van der Waals surface area contributed by atoms with E-state index in [1.165, 1.54) is 30.5 Å². The van der Waals surface area contributed by atoms with Crippen molar-refractivity contribution in [2.75, 3.05) is 12.4 Å². The zero-order chi connectivity index (χ0) is 19.1. The average Bonchev–Trinajstić information content (AvgIpc) is 2.99. The highest BCUT2D eigenvalue weighted by Gasteiger charge is 2.41. The van der Waals surface area contributed by atoms with Gasteiger partial charge < -0.3 is 5.32 Å². The molecule has 0 saturated carbocycles. The second kappa shape index (κ2) is 7.24. The molecular formula is C16H17ClFN3O3S2. The lowest BCUT2D eigenvalue weighted by Gasteiger charge is -2.35. The Labute approximate surface area is 160 Å². The maximum absolute atomic E-state index is 13.3. The van der Waals surface area contributed by atoms with E-state index in [9.17, 15) is 17.6 Å². The number of likely N-dealkylation sites (N-methyl/N-ethyl adjacent to an activating group) is 1. The van der Waals surface area contributed by atoms with Crippen molar-refractivity contribution in [3.8, 4) is 0 Å². The van der Waals surface area contributed by atoms with E-state index in [2.05, 4.69) is 10.0 Å². The number of rotatable bonds is 3. The summed E-state index contributed by atoms with van der Waals surface area (Å²) >= 11 is 7.20. The molecule has 26 heavy (non-hydrogen) atoms. The molecule has 1 aliphatic rings. The highest BCUT2D eigenvalue weighted by Crippen LogP contribution is 2.32. The molecule has 0 spiro atoms. The molecule has 1 amide bonds. The number of thiophene rings is 1. The van der Waals surface area contributed by atoms with Crippen LogP contribution in [0.25, 0.3) is 0 Å². The molecule has 6 nitrogen and oxygen atoms in total. The zero-order valence-corrected chi connectivity index (χ0v) is 16.4. The van der Waals surface area contributed by atoms with Crippen LogP contribution in [-0.2, 0) is 15.0 Å². The fourth-order valence-electron chi connectivity index (χ4n) is 2.74. The summed E-state index contributed by atoms with van der Waals surface area (Å²) in [5, 5.41) is 2.48. The van der Waals surface area contributed by atoms with Crippen molar-refractivity contribution in [1.82, 2.24) is 9.03 Å². The molecule has 140 valence electrons. The van der Waals surface area contributed by atoms with Crippen molar-refractivity contribution in [1.29, 1.82) is 0 Å². The van der Waals surface area contributed by atoms with Crippen LogP contribution in [0.1, 0.15) is 22.2 Å². The van der Waals surface area contributed by atoms with Gasteiger partial charge in [-0.1, -0.05) is 11.6 Å². The van der Waals surface area contributed by atoms with Crippen LogP contribution in [0.2, 0.25) is 5.02 Å². The van der Waals surface area contributed by atoms with Crippen LogP contribution >= 0.6 is 22.9 Å². The minimum Gasteiger partial charge on any atom is -0.325 e. The molecule has 0 aliphatic carbocycles. The summed E-state index contributed by atoms with van der Waals surface area (Å²) in [5.41, 5.74) is 0.300. The molecular weight excluding hydrogens is 401 g/mol. The van der Waals surface area contributed by atoms with Crippen molar-refractivity contribution in [3.63, 3.8) is 0 Å². The van der Waals surface area contributed by atoms with Crippen LogP contribution in [0.3, 0.4) is 0 Å². The lowest BCUT2D eigenvalue weighted by molar-refractivity contribution is -0.120. The minimum absolute atomic E-state index is 0.124. The number of nitrogens with zero attached hydrogens (tertiary/aromatic N) is 1. The first-order chi connectivity index (χ1) is 12.2. The third-order valence-corrected chi connectivity index (χ3v) is 7.16. The predicted molar refractivity (Wildman–Crippen MR) is 100 cm³/mol. The maximum Gasteiger partial charge on any atom is 0.280 e. The minimum atomic E-state index is -3.81. The number of hydrogen-bond donors (Lipinski definition) is 2. The first-order valence-corrected chi connectivity index (χ1v) is 10.4. The third kappa shape index (κ3) is 3.91. The number of benzene rings is 1. The molecule has 0 unspecified atom stereocenters. The van der Waals surface area contributed by atoms with Gasteiger partial charge in [0.15, 0.2) is 0 Å². The molecule has 2 aromatic rings. The van der Waals surface area contributed by atoms with E-state index in [-0.39, 0.29) is 11.4 Å². The predicted octanol–water partition coefficient (Wildman–Crippen LogP) is 3.07. The summed E-state index contributed by atoms with van der Waals surface area (Å²) < 4.78 is 41.7. The number of carbonyl (C=O) groups excluding carboxylic acids is 1. The quantitative estimate of drug-likeness (QED) is 0.805. The molecule has 2 N–H and O–H groups in total. The average molecular weight is 418 g/mol. The summed E-state index contributed by atoms with van der Waals surface area (Å²) in [5.74, 6) is -1.10. The Hall–Kier alpha value is -1.52. The van der Waals surface area contributed by atoms with E-state index < -0.39 is 34.0 Å². The van der Waals surface area contributed by atoms with Gasteiger partial charge in [0.25, 0.3) is 10.2 Å². The summed E-state index contributed by atoms with van der Waals surface area (Å²) in [6.07, 6.45) is 0.274. The van der Waals surface area contributed by atoms with Crippen LogP contribution in [0, 0.1) is 12.7 Å². The first kappa shape index (κ1) is 19.2. The molecule has 10 heteroatoms. The number of aryl methyl sites for hydroxylation is 1. The van der Waals surface area contributed by atoms with Gasteiger partial charge in [-0.2, -0.15) is 17.4 Å². The smallest absolute Gasteiger partial charge is 0.280 e. The van der Waals surface area contributed by atoms with Gasteiger partial charge in [-0.05, 0) is 43.7 Å². The standard InChI is InChI=1S/C16H17ClFN3O3S2/c1-9-3-6-15(25-9)13-8-14(21(2)26(23,24)20-13)16(22)19-10-4-5-12(18)11(17)7-10/h3-7,13-14,20H,8H2,1-2H3,(H,19,22)/t13-,14+/m0/s1. The highest BCUT2D eigenvalue weighted by molar-refractivity contribution is 7.87. The normalized spacial score (nSPS) is 22.9. The molecule has 1 fully saturated rings. The number of carbonyl (C=O) groups is 1. The number of hydrogen-bond acceptors (Lipinski definition) is 4. The summed E-state index contributed by atoms with van der Waals surface area (Å²) in [6, 6.07) is 6.16. The molecule has 2 atom stereocenters. The summed E-state index contributed by atoms with van der Waals surface area (Å²) in [4.78, 5) is 14.6. The largest absolute Gasteiger partial charge is 0.325 e. The molecule has 0 bridgehead atoms. The SMILES string of the molecule is Cc1ccc([C@@H]2C[C@H](C(=O)Nc3ccc(F)c(Cl)c3)N(C)S(=O)(=O)N2)s1. The van der Waals surface area contributed by atoms with Crippen molar-refractivity contribution >= 4 is 44.7 Å². The van der Waals surface area contributed by atoms with E-state index in [4.69, 9.17) is 11.6 Å². The number of amides is 1. The van der Waals surface area contributed by atoms with Gasteiger partial charge in [0.05, 0.1) is 11.1 Å². The number of nitrogens with one attached hydrogen (secondary N) is 2. The Kier molecular flexibility index (Phi) is 5.36. The lowest BCUT2D eigenvalue weighted by Crippen LogP contribution is -2.55. The topological polar surface area (TPSA) is 78.5 Å². The molecule has 1 aliphatic heterocycles. The Balaban J connectivity index is 1.83. The second-order valence-electron chi connectivity index (χ2n) is 6.01. The van der Waals surface area contributed by atoms with E-state index in [1.54, 1.807) is 0 Å². The molecule has 1 aromatic carbocycles. The lowest BCUT2D eigenvalue weighted by atomic mass is 10.1. The van der Waals surface area contributed by atoms with Gasteiger partial charge in [0.2, 0.25) is 5.91 Å². The Morgan fingerprint density at radius 1 is 1.38 bits per heavy atom. The van der Waals surface area contributed by atoms with Gasteiger partial charge in [0.1, 0.15) is 11.9 Å². The highest BCUT2D eigenvalue weighted by atomic mass is 35.5. The van der Waals surface area contributed by atoms with Crippen molar-refractivity contribution in [2.45, 2.75) is 25.4 Å². The molecule has 1 saturated heterocycles. The van der Waals surface area contributed by atoms with Crippen LogP contribution < -0.4 is 10.0 Å². The van der Waals surface area contributed by atoms with Crippen LogP contribution in [0.15, 0.2) is 30.3 Å². The third-order valence-electron chi connectivity index (χ3n) is 4.16. The van der Waals surface area contributed by atoms with E-state index in [0.717, 1.165) is 20.1 Å². The Morgan fingerprint density at radius 3 is 2.73 bits per heavy atom. The number of halogens is 2. The van der Waals surface area contributed by atoms with Gasteiger partial charge in [-0.3, -0.25) is 4.79 Å². The molecule has 3 rings (SSSR count). The van der Waals surface area contributed by atoms with Crippen molar-refractivity contribution in [3.05, 3.63) is 50.9 Å². The maximum atomic E-state index is 13.3. The van der Waals surface area contributed by atoms with E-state index in [1.807, 2.05) is 19.1 Å². The van der Waals surface area contributed by atoms with Crippen LogP contribution in [0.5, 0.6) is 0 Å². The van der Waals surface area contributed by atoms with Crippen LogP contribution in [0.4, 0.5) is 10.1 Å².